The fourth-order valence-electron chi connectivity index (χ4n) is 2.73. The third-order valence-corrected chi connectivity index (χ3v) is 6.85. The number of benzene rings is 1. The standard InChI is InChI=1S/C21H17N3OS3/c1-3-10-24(21-23-17(13-27-21)15-7-5-4-6-8-15)20(25)18-14(2)22-19(28-18)16-9-11-26-12-16/h3-9,11-13H,1,10H2,2H3. The highest BCUT2D eigenvalue weighted by Crippen LogP contribution is 2.33. The Morgan fingerprint density at radius 2 is 1.96 bits per heavy atom. The van der Waals surface area contributed by atoms with Crippen LogP contribution in [0.2, 0.25) is 0 Å². The zero-order chi connectivity index (χ0) is 19.5. The molecule has 7 heteroatoms. The molecule has 0 bridgehead atoms. The van der Waals surface area contributed by atoms with Crippen LogP contribution in [0.3, 0.4) is 0 Å². The van der Waals surface area contributed by atoms with Gasteiger partial charge in [0.15, 0.2) is 5.13 Å². The third kappa shape index (κ3) is 3.69. The van der Waals surface area contributed by atoms with Crippen LogP contribution < -0.4 is 4.90 Å². The number of thiophene rings is 1. The lowest BCUT2D eigenvalue weighted by molar-refractivity contribution is 0.0993. The topological polar surface area (TPSA) is 46.1 Å². The van der Waals surface area contributed by atoms with Crippen molar-refractivity contribution in [1.82, 2.24) is 9.97 Å². The molecule has 0 radical (unpaired) electrons. The number of hydrogen-bond acceptors (Lipinski definition) is 6. The van der Waals surface area contributed by atoms with Gasteiger partial charge in [-0.05, 0) is 18.4 Å². The lowest BCUT2D eigenvalue weighted by Crippen LogP contribution is -2.30. The van der Waals surface area contributed by atoms with Gasteiger partial charge in [0.2, 0.25) is 0 Å². The van der Waals surface area contributed by atoms with E-state index < -0.39 is 0 Å². The minimum absolute atomic E-state index is 0.0923. The van der Waals surface area contributed by atoms with Crippen LogP contribution in [0.1, 0.15) is 15.4 Å². The number of rotatable bonds is 6. The summed E-state index contributed by atoms with van der Waals surface area (Å²) in [5, 5.41) is 7.56. The van der Waals surface area contributed by atoms with Gasteiger partial charge in [0.05, 0.1) is 11.4 Å². The molecule has 4 aromatic rings. The summed E-state index contributed by atoms with van der Waals surface area (Å²) in [6.07, 6.45) is 1.72. The fourth-order valence-corrected chi connectivity index (χ4v) is 5.30. The molecule has 0 saturated heterocycles. The third-order valence-electron chi connectivity index (χ3n) is 4.11. The molecule has 3 aromatic heterocycles. The lowest BCUT2D eigenvalue weighted by Gasteiger charge is -2.17. The van der Waals surface area contributed by atoms with E-state index in [4.69, 9.17) is 4.98 Å². The number of aromatic nitrogens is 2. The second-order valence-corrected chi connectivity index (χ2v) is 8.65. The zero-order valence-corrected chi connectivity index (χ0v) is 17.6. The van der Waals surface area contributed by atoms with E-state index in [-0.39, 0.29) is 5.91 Å². The Balaban J connectivity index is 1.66. The Hall–Kier alpha value is -2.61. The van der Waals surface area contributed by atoms with Crippen LogP contribution in [0.4, 0.5) is 5.13 Å². The van der Waals surface area contributed by atoms with E-state index >= 15 is 0 Å². The van der Waals surface area contributed by atoms with Gasteiger partial charge in [-0.2, -0.15) is 11.3 Å². The van der Waals surface area contributed by atoms with Gasteiger partial charge in [0.1, 0.15) is 9.88 Å². The monoisotopic (exact) mass is 423 g/mol. The molecule has 28 heavy (non-hydrogen) atoms. The average molecular weight is 424 g/mol. The molecule has 0 atom stereocenters. The fraction of sp³-hybridized carbons (Fsp3) is 0.0952. The van der Waals surface area contributed by atoms with Gasteiger partial charge in [-0.1, -0.05) is 36.4 Å². The Morgan fingerprint density at radius 3 is 2.68 bits per heavy atom. The van der Waals surface area contributed by atoms with E-state index in [9.17, 15) is 4.79 Å². The highest BCUT2D eigenvalue weighted by Gasteiger charge is 2.25. The van der Waals surface area contributed by atoms with Crippen LogP contribution in [0, 0.1) is 6.92 Å². The molecule has 0 aliphatic heterocycles. The van der Waals surface area contributed by atoms with Crippen molar-refractivity contribution in [3.05, 3.63) is 75.8 Å². The molecule has 0 fully saturated rings. The van der Waals surface area contributed by atoms with Crippen molar-refractivity contribution in [2.45, 2.75) is 6.92 Å². The molecule has 0 saturated carbocycles. The summed E-state index contributed by atoms with van der Waals surface area (Å²) in [6, 6.07) is 12.0. The molecule has 0 aliphatic rings. The summed E-state index contributed by atoms with van der Waals surface area (Å²) in [7, 11) is 0. The molecule has 0 aliphatic carbocycles. The van der Waals surface area contributed by atoms with E-state index in [0.29, 0.717) is 16.6 Å². The van der Waals surface area contributed by atoms with Crippen molar-refractivity contribution in [2.75, 3.05) is 11.4 Å². The smallest absolute Gasteiger partial charge is 0.272 e. The summed E-state index contributed by atoms with van der Waals surface area (Å²) in [4.78, 5) is 24.9. The molecule has 140 valence electrons. The van der Waals surface area contributed by atoms with Crippen LogP contribution in [0.5, 0.6) is 0 Å². The van der Waals surface area contributed by atoms with Crippen molar-refractivity contribution in [3.8, 4) is 21.8 Å². The summed E-state index contributed by atoms with van der Waals surface area (Å²) in [5.74, 6) is -0.0923. The van der Waals surface area contributed by atoms with Crippen LogP contribution in [-0.2, 0) is 0 Å². The molecule has 0 N–H and O–H groups in total. The normalized spacial score (nSPS) is 10.8. The van der Waals surface area contributed by atoms with Crippen LogP contribution >= 0.6 is 34.0 Å². The van der Waals surface area contributed by atoms with Crippen LogP contribution in [-0.4, -0.2) is 22.4 Å². The Labute approximate surface area is 175 Å². The molecular weight excluding hydrogens is 406 g/mol. The number of aryl methyl sites for hydroxylation is 1. The van der Waals surface area contributed by atoms with Crippen molar-refractivity contribution < 1.29 is 4.79 Å². The first-order valence-corrected chi connectivity index (χ1v) is 11.2. The molecule has 1 aromatic carbocycles. The van der Waals surface area contributed by atoms with E-state index in [1.165, 1.54) is 22.7 Å². The van der Waals surface area contributed by atoms with Gasteiger partial charge in [0, 0.05) is 28.4 Å². The largest absolute Gasteiger partial charge is 0.279 e. The molecule has 4 nitrogen and oxygen atoms in total. The maximum atomic E-state index is 13.3. The first-order chi connectivity index (χ1) is 13.7. The number of carbonyl (C=O) groups excluding carboxylic acids is 1. The number of carbonyl (C=O) groups is 1. The predicted octanol–water partition coefficient (Wildman–Crippen LogP) is 6.14. The van der Waals surface area contributed by atoms with E-state index in [2.05, 4.69) is 11.6 Å². The number of hydrogen-bond donors (Lipinski definition) is 0. The zero-order valence-electron chi connectivity index (χ0n) is 15.2. The van der Waals surface area contributed by atoms with Crippen LogP contribution in [0.25, 0.3) is 21.8 Å². The predicted molar refractivity (Wildman–Crippen MR) is 120 cm³/mol. The lowest BCUT2D eigenvalue weighted by atomic mass is 10.2. The number of thiazole rings is 2. The van der Waals surface area contributed by atoms with Crippen molar-refractivity contribution >= 4 is 45.0 Å². The first-order valence-electron chi connectivity index (χ1n) is 8.61. The summed E-state index contributed by atoms with van der Waals surface area (Å²) < 4.78 is 0. The number of nitrogens with zero attached hydrogens (tertiary/aromatic N) is 3. The van der Waals surface area contributed by atoms with Crippen molar-refractivity contribution in [3.63, 3.8) is 0 Å². The van der Waals surface area contributed by atoms with Gasteiger partial charge in [-0.3, -0.25) is 9.69 Å². The Kier molecular flexibility index (Phi) is 5.47. The molecule has 1 amide bonds. The van der Waals surface area contributed by atoms with E-state index in [0.717, 1.165) is 27.5 Å². The molecule has 0 spiro atoms. The second kappa shape index (κ2) is 8.18. The van der Waals surface area contributed by atoms with Crippen molar-refractivity contribution in [1.29, 1.82) is 0 Å². The Morgan fingerprint density at radius 1 is 1.14 bits per heavy atom. The molecule has 4 rings (SSSR count). The summed E-state index contributed by atoms with van der Waals surface area (Å²) >= 11 is 4.50. The first kappa shape index (κ1) is 18.7. The van der Waals surface area contributed by atoms with Crippen LogP contribution in [0.15, 0.2) is 65.2 Å². The second-order valence-electron chi connectivity index (χ2n) is 6.03. The van der Waals surface area contributed by atoms with Gasteiger partial charge in [0.25, 0.3) is 5.91 Å². The number of anilines is 1. The Bertz CT molecular complexity index is 1100. The SMILES string of the molecule is C=CCN(C(=O)c1sc(-c2ccsc2)nc1C)c1nc(-c2ccccc2)cs1. The minimum Gasteiger partial charge on any atom is -0.279 e. The van der Waals surface area contributed by atoms with E-state index in [1.54, 1.807) is 22.3 Å². The quantitative estimate of drug-likeness (QED) is 0.350. The van der Waals surface area contributed by atoms with Gasteiger partial charge >= 0.3 is 0 Å². The highest BCUT2D eigenvalue weighted by molar-refractivity contribution is 7.18. The molecular formula is C21H17N3OS3. The highest BCUT2D eigenvalue weighted by atomic mass is 32.1. The molecule has 3 heterocycles. The van der Waals surface area contributed by atoms with E-state index in [1.807, 2.05) is 59.5 Å². The summed E-state index contributed by atoms with van der Waals surface area (Å²) in [5.41, 5.74) is 3.69. The number of amides is 1. The average Bonchev–Trinajstić information content (AvgIpc) is 3.46. The summed E-state index contributed by atoms with van der Waals surface area (Å²) in [6.45, 7) is 6.08. The minimum atomic E-state index is -0.0923. The maximum absolute atomic E-state index is 13.3. The molecule has 0 unspecified atom stereocenters. The van der Waals surface area contributed by atoms with Gasteiger partial charge in [-0.15, -0.1) is 29.3 Å². The van der Waals surface area contributed by atoms with Gasteiger partial charge in [-0.25, -0.2) is 9.97 Å². The maximum Gasteiger partial charge on any atom is 0.272 e. The van der Waals surface area contributed by atoms with Crippen molar-refractivity contribution in [2.24, 2.45) is 0 Å². The van der Waals surface area contributed by atoms with Gasteiger partial charge < -0.3 is 0 Å².